The van der Waals surface area contributed by atoms with Crippen LogP contribution in [0.2, 0.25) is 0 Å². The van der Waals surface area contributed by atoms with Gasteiger partial charge in [0.25, 0.3) is 0 Å². The molecule has 1 aromatic rings. The summed E-state index contributed by atoms with van der Waals surface area (Å²) in [6, 6.07) is 0.203. The van der Waals surface area contributed by atoms with E-state index in [9.17, 15) is 9.59 Å². The first kappa shape index (κ1) is 17.5. The van der Waals surface area contributed by atoms with Gasteiger partial charge in [0.2, 0.25) is 11.8 Å². The van der Waals surface area contributed by atoms with Crippen molar-refractivity contribution in [1.82, 2.24) is 24.9 Å². The molecule has 3 fully saturated rings. The number of nitrogens with zero attached hydrogens (tertiary/aromatic N) is 4. The van der Waals surface area contributed by atoms with Crippen LogP contribution in [0.5, 0.6) is 0 Å². The van der Waals surface area contributed by atoms with Gasteiger partial charge in [0.05, 0.1) is 12.7 Å². The van der Waals surface area contributed by atoms with Gasteiger partial charge in [0.15, 0.2) is 0 Å². The molecule has 1 N–H and O–H groups in total. The normalized spacial score (nSPS) is 26.7. The zero-order valence-corrected chi connectivity index (χ0v) is 15.6. The Morgan fingerprint density at radius 3 is 2.85 bits per heavy atom. The van der Waals surface area contributed by atoms with Gasteiger partial charge >= 0.3 is 0 Å². The average molecular weight is 359 g/mol. The fraction of sp³-hybridized carbons (Fsp3) is 0.737. The van der Waals surface area contributed by atoms with E-state index >= 15 is 0 Å². The van der Waals surface area contributed by atoms with Gasteiger partial charge in [-0.05, 0) is 38.0 Å². The summed E-state index contributed by atoms with van der Waals surface area (Å²) in [7, 11) is 0. The Labute approximate surface area is 154 Å². The van der Waals surface area contributed by atoms with E-state index in [0.717, 1.165) is 45.1 Å². The van der Waals surface area contributed by atoms with Crippen molar-refractivity contribution in [3.05, 3.63) is 18.0 Å². The van der Waals surface area contributed by atoms with E-state index in [1.54, 1.807) is 4.90 Å². The number of nitrogens with one attached hydrogen (secondary N) is 1. The van der Waals surface area contributed by atoms with E-state index < -0.39 is 0 Å². The Balaban J connectivity index is 1.33. The lowest BCUT2D eigenvalue weighted by Gasteiger charge is -2.22. The number of likely N-dealkylation sites (tertiary alicyclic amines) is 2. The molecule has 1 aromatic heterocycles. The van der Waals surface area contributed by atoms with E-state index in [0.29, 0.717) is 12.3 Å². The Kier molecular flexibility index (Phi) is 4.98. The summed E-state index contributed by atoms with van der Waals surface area (Å²) in [5, 5.41) is 7.59. The molecule has 4 rings (SSSR count). The lowest BCUT2D eigenvalue weighted by Crippen LogP contribution is -2.46. The third-order valence-electron chi connectivity index (χ3n) is 5.94. The summed E-state index contributed by atoms with van der Waals surface area (Å²) in [5.41, 5.74) is 1.23. The molecule has 2 unspecified atom stereocenters. The van der Waals surface area contributed by atoms with Crippen LogP contribution in [-0.2, 0) is 22.7 Å². The van der Waals surface area contributed by atoms with Gasteiger partial charge in [0.1, 0.15) is 0 Å². The molecule has 2 saturated heterocycles. The van der Waals surface area contributed by atoms with E-state index in [-0.39, 0.29) is 24.4 Å². The van der Waals surface area contributed by atoms with Crippen molar-refractivity contribution in [3.63, 3.8) is 0 Å². The van der Waals surface area contributed by atoms with Crippen molar-refractivity contribution in [2.45, 2.75) is 51.7 Å². The first-order valence-corrected chi connectivity index (χ1v) is 9.93. The fourth-order valence-corrected chi connectivity index (χ4v) is 4.41. The largest absolute Gasteiger partial charge is 0.350 e. The van der Waals surface area contributed by atoms with Gasteiger partial charge in [-0.2, -0.15) is 5.10 Å². The second-order valence-corrected chi connectivity index (χ2v) is 7.99. The Bertz CT molecular complexity index is 669. The summed E-state index contributed by atoms with van der Waals surface area (Å²) < 4.78 is 1.95. The van der Waals surface area contributed by atoms with Crippen LogP contribution in [0.1, 0.15) is 38.2 Å². The standard InChI is InChI=1S/C19H29N5O2/c1-2-24-10-14(8-20-24)9-22-11-16(15-5-6-15)17(12-22)21-18(25)13-23-7-3-4-19(23)26/h8,10,15-17H,2-7,9,11-13H2,1H3,(H,21,25). The van der Waals surface area contributed by atoms with Crippen LogP contribution in [0.15, 0.2) is 12.4 Å². The molecule has 2 aliphatic heterocycles. The molecule has 26 heavy (non-hydrogen) atoms. The fourth-order valence-electron chi connectivity index (χ4n) is 4.41. The monoisotopic (exact) mass is 359 g/mol. The smallest absolute Gasteiger partial charge is 0.239 e. The van der Waals surface area contributed by atoms with Crippen LogP contribution in [0.4, 0.5) is 0 Å². The summed E-state index contributed by atoms with van der Waals surface area (Å²) in [6.07, 6.45) is 8.07. The number of hydrogen-bond acceptors (Lipinski definition) is 4. The molecule has 7 nitrogen and oxygen atoms in total. The topological polar surface area (TPSA) is 70.5 Å². The number of aryl methyl sites for hydroxylation is 1. The molecule has 2 atom stereocenters. The number of carbonyl (C=O) groups is 2. The molecule has 2 amide bonds. The Morgan fingerprint density at radius 2 is 2.19 bits per heavy atom. The van der Waals surface area contributed by atoms with Gasteiger partial charge in [-0.15, -0.1) is 0 Å². The van der Waals surface area contributed by atoms with Crippen LogP contribution in [0.3, 0.4) is 0 Å². The predicted octanol–water partition coefficient (Wildman–Crippen LogP) is 0.852. The summed E-state index contributed by atoms with van der Waals surface area (Å²) in [5.74, 6) is 1.39. The van der Waals surface area contributed by atoms with E-state index in [1.165, 1.54) is 18.4 Å². The van der Waals surface area contributed by atoms with E-state index in [1.807, 2.05) is 10.9 Å². The third-order valence-corrected chi connectivity index (χ3v) is 5.94. The molecule has 0 spiro atoms. The molecule has 7 heteroatoms. The molecule has 1 aliphatic carbocycles. The maximum absolute atomic E-state index is 12.5. The number of hydrogen-bond donors (Lipinski definition) is 1. The van der Waals surface area contributed by atoms with Crippen molar-refractivity contribution in [2.24, 2.45) is 11.8 Å². The zero-order chi connectivity index (χ0) is 18.1. The van der Waals surface area contributed by atoms with Crippen LogP contribution < -0.4 is 5.32 Å². The lowest BCUT2D eigenvalue weighted by atomic mass is 9.98. The van der Waals surface area contributed by atoms with Gasteiger partial charge in [-0.25, -0.2) is 0 Å². The van der Waals surface area contributed by atoms with Gasteiger partial charge in [-0.3, -0.25) is 19.2 Å². The highest BCUT2D eigenvalue weighted by Crippen LogP contribution is 2.41. The SMILES string of the molecule is CCn1cc(CN2CC(NC(=O)CN3CCCC3=O)C(C3CC3)C2)cn1. The van der Waals surface area contributed by atoms with Crippen molar-refractivity contribution < 1.29 is 9.59 Å². The van der Waals surface area contributed by atoms with Crippen molar-refractivity contribution in [2.75, 3.05) is 26.2 Å². The first-order valence-electron chi connectivity index (χ1n) is 9.93. The first-order chi connectivity index (χ1) is 12.6. The molecular weight excluding hydrogens is 330 g/mol. The minimum Gasteiger partial charge on any atom is -0.350 e. The highest BCUT2D eigenvalue weighted by molar-refractivity contribution is 5.86. The minimum atomic E-state index is -0.00319. The van der Waals surface area contributed by atoms with Crippen molar-refractivity contribution in [1.29, 1.82) is 0 Å². The Morgan fingerprint density at radius 1 is 1.35 bits per heavy atom. The molecule has 142 valence electrons. The third kappa shape index (κ3) is 3.92. The van der Waals surface area contributed by atoms with Crippen molar-refractivity contribution in [3.8, 4) is 0 Å². The molecule has 3 aliphatic rings. The molecule has 0 bridgehead atoms. The molecule has 3 heterocycles. The number of amides is 2. The summed E-state index contributed by atoms with van der Waals surface area (Å²) in [4.78, 5) is 28.3. The molecular formula is C19H29N5O2. The maximum Gasteiger partial charge on any atom is 0.239 e. The van der Waals surface area contributed by atoms with E-state index in [2.05, 4.69) is 28.4 Å². The summed E-state index contributed by atoms with van der Waals surface area (Å²) in [6.45, 7) is 6.73. The lowest BCUT2D eigenvalue weighted by molar-refractivity contribution is -0.133. The van der Waals surface area contributed by atoms with Crippen molar-refractivity contribution >= 4 is 11.8 Å². The van der Waals surface area contributed by atoms with Gasteiger partial charge in [-0.1, -0.05) is 0 Å². The van der Waals surface area contributed by atoms with Crippen LogP contribution in [0.25, 0.3) is 0 Å². The summed E-state index contributed by atoms with van der Waals surface area (Å²) >= 11 is 0. The second kappa shape index (κ2) is 7.39. The minimum absolute atomic E-state index is 0.00319. The maximum atomic E-state index is 12.5. The number of carbonyl (C=O) groups excluding carboxylic acids is 2. The average Bonchev–Trinajstić information content (AvgIpc) is 3.03. The highest BCUT2D eigenvalue weighted by Gasteiger charge is 2.43. The molecule has 0 aromatic carbocycles. The number of rotatable bonds is 7. The zero-order valence-electron chi connectivity index (χ0n) is 15.6. The van der Waals surface area contributed by atoms with Gasteiger partial charge < -0.3 is 10.2 Å². The van der Waals surface area contributed by atoms with Gasteiger partial charge in [0, 0.05) is 56.9 Å². The van der Waals surface area contributed by atoms with Crippen LogP contribution in [0, 0.1) is 11.8 Å². The van der Waals surface area contributed by atoms with E-state index in [4.69, 9.17) is 0 Å². The predicted molar refractivity (Wildman–Crippen MR) is 97.1 cm³/mol. The second-order valence-electron chi connectivity index (χ2n) is 7.99. The highest BCUT2D eigenvalue weighted by atomic mass is 16.2. The molecule has 0 radical (unpaired) electrons. The molecule has 1 saturated carbocycles. The number of aromatic nitrogens is 2. The quantitative estimate of drug-likeness (QED) is 0.784. The van der Waals surface area contributed by atoms with Crippen LogP contribution >= 0.6 is 0 Å². The Hall–Kier alpha value is -1.89. The van der Waals surface area contributed by atoms with Crippen LogP contribution in [-0.4, -0.2) is 63.6 Å².